The van der Waals surface area contributed by atoms with Gasteiger partial charge in [0.1, 0.15) is 5.82 Å². The highest BCUT2D eigenvalue weighted by Crippen LogP contribution is 2.18. The third-order valence-electron chi connectivity index (χ3n) is 2.35. The fourth-order valence-electron chi connectivity index (χ4n) is 1.69. The third-order valence-corrected chi connectivity index (χ3v) is 2.82. The first-order valence-electron chi connectivity index (χ1n) is 5.07. The molecule has 0 aliphatic carbocycles. The lowest BCUT2D eigenvalue weighted by atomic mass is 10.3. The second kappa shape index (κ2) is 4.46. The van der Waals surface area contributed by atoms with E-state index in [1.807, 2.05) is 0 Å². The van der Waals surface area contributed by atoms with Crippen molar-refractivity contribution in [3.63, 3.8) is 0 Å². The number of aromatic nitrogens is 2. The molecule has 0 saturated carbocycles. The zero-order valence-electron chi connectivity index (χ0n) is 9.09. The molecule has 2 aromatic rings. The van der Waals surface area contributed by atoms with Gasteiger partial charge in [0.25, 0.3) is 0 Å². The van der Waals surface area contributed by atoms with E-state index in [-0.39, 0.29) is 5.69 Å². The number of imidazole rings is 1. The fourth-order valence-corrected chi connectivity index (χ4v) is 2.02. The molecule has 6 heteroatoms. The van der Waals surface area contributed by atoms with E-state index in [1.165, 1.54) is 0 Å². The quantitative estimate of drug-likeness (QED) is 0.905. The summed E-state index contributed by atoms with van der Waals surface area (Å²) in [6, 6.07) is 3.45. The average molecular weight is 299 g/mol. The number of carbonyl (C=O) groups is 1. The van der Waals surface area contributed by atoms with Crippen molar-refractivity contribution in [2.24, 2.45) is 0 Å². The molecular formula is C11H11BrN2O3. The topological polar surface area (TPSA) is 74.8 Å². The molecule has 0 spiro atoms. The number of halogens is 1. The molecule has 17 heavy (non-hydrogen) atoms. The van der Waals surface area contributed by atoms with E-state index in [2.05, 4.69) is 20.9 Å². The third kappa shape index (κ3) is 2.32. The van der Waals surface area contributed by atoms with Gasteiger partial charge in [-0.25, -0.2) is 9.78 Å². The summed E-state index contributed by atoms with van der Waals surface area (Å²) in [5.74, 6) is -0.532. The first-order valence-corrected chi connectivity index (χ1v) is 5.86. The summed E-state index contributed by atoms with van der Waals surface area (Å²) < 4.78 is 2.51. The standard InChI is InChI=1S/C11H11BrN2O3/c1-6(15)4-9-13-10(11(16)17)8-3-2-7(12)5-14(8)9/h2-3,5-6,15H,4H2,1H3,(H,16,17). The first-order chi connectivity index (χ1) is 7.99. The molecule has 2 heterocycles. The summed E-state index contributed by atoms with van der Waals surface area (Å²) in [6.07, 6.45) is 1.48. The molecule has 1 atom stereocenters. The van der Waals surface area contributed by atoms with Crippen molar-refractivity contribution < 1.29 is 15.0 Å². The first kappa shape index (κ1) is 12.1. The zero-order chi connectivity index (χ0) is 12.6. The summed E-state index contributed by atoms with van der Waals surface area (Å²) in [7, 11) is 0. The van der Waals surface area contributed by atoms with Crippen LogP contribution in [0.5, 0.6) is 0 Å². The Kier molecular flexibility index (Phi) is 3.17. The van der Waals surface area contributed by atoms with Crippen LogP contribution in [0.2, 0.25) is 0 Å². The minimum absolute atomic E-state index is 0.00755. The highest BCUT2D eigenvalue weighted by Gasteiger charge is 2.17. The van der Waals surface area contributed by atoms with Crippen LogP contribution in [0.15, 0.2) is 22.8 Å². The molecule has 2 aromatic heterocycles. The lowest BCUT2D eigenvalue weighted by Crippen LogP contribution is -2.08. The van der Waals surface area contributed by atoms with E-state index >= 15 is 0 Å². The van der Waals surface area contributed by atoms with Gasteiger partial charge >= 0.3 is 5.97 Å². The molecule has 0 radical (unpaired) electrons. The maximum absolute atomic E-state index is 11.0. The molecule has 0 bridgehead atoms. The predicted molar refractivity (Wildman–Crippen MR) is 65.2 cm³/mol. The summed E-state index contributed by atoms with van der Waals surface area (Å²) in [5.41, 5.74) is 0.532. The van der Waals surface area contributed by atoms with E-state index in [0.29, 0.717) is 17.8 Å². The second-order valence-electron chi connectivity index (χ2n) is 3.84. The molecule has 0 fully saturated rings. The van der Waals surface area contributed by atoms with Gasteiger partial charge in [0.15, 0.2) is 5.69 Å². The monoisotopic (exact) mass is 298 g/mol. The Morgan fingerprint density at radius 3 is 2.88 bits per heavy atom. The van der Waals surface area contributed by atoms with Gasteiger partial charge in [-0.2, -0.15) is 0 Å². The maximum atomic E-state index is 11.0. The summed E-state index contributed by atoms with van der Waals surface area (Å²) in [4.78, 5) is 15.1. The largest absolute Gasteiger partial charge is 0.476 e. The molecule has 5 nitrogen and oxygen atoms in total. The van der Waals surface area contributed by atoms with Crippen LogP contribution in [0.3, 0.4) is 0 Å². The Bertz CT molecular complexity index is 577. The zero-order valence-corrected chi connectivity index (χ0v) is 10.7. The van der Waals surface area contributed by atoms with Crippen molar-refractivity contribution in [3.8, 4) is 0 Å². The molecule has 0 aromatic carbocycles. The van der Waals surface area contributed by atoms with Gasteiger partial charge in [-0.05, 0) is 35.0 Å². The Balaban J connectivity index is 2.66. The molecule has 1 unspecified atom stereocenters. The van der Waals surface area contributed by atoms with Gasteiger partial charge in [0.05, 0.1) is 11.6 Å². The van der Waals surface area contributed by atoms with Crippen molar-refractivity contribution in [1.29, 1.82) is 0 Å². The molecule has 0 saturated heterocycles. The SMILES string of the molecule is CC(O)Cc1nc(C(=O)O)c2ccc(Br)cn12. The van der Waals surface area contributed by atoms with Gasteiger partial charge in [-0.3, -0.25) is 0 Å². The fraction of sp³-hybridized carbons (Fsp3) is 0.273. The van der Waals surface area contributed by atoms with E-state index in [9.17, 15) is 9.90 Å². The van der Waals surface area contributed by atoms with Gasteiger partial charge in [-0.1, -0.05) is 0 Å². The van der Waals surface area contributed by atoms with Crippen LogP contribution in [0.25, 0.3) is 5.52 Å². The average Bonchev–Trinajstić information content (AvgIpc) is 2.56. The molecule has 90 valence electrons. The Hall–Kier alpha value is -1.40. The van der Waals surface area contributed by atoms with Crippen LogP contribution >= 0.6 is 15.9 Å². The van der Waals surface area contributed by atoms with E-state index < -0.39 is 12.1 Å². The van der Waals surface area contributed by atoms with Crippen molar-refractivity contribution in [2.75, 3.05) is 0 Å². The second-order valence-corrected chi connectivity index (χ2v) is 4.75. The molecule has 0 amide bonds. The van der Waals surface area contributed by atoms with E-state index in [1.54, 1.807) is 29.7 Å². The van der Waals surface area contributed by atoms with Crippen molar-refractivity contribution >= 4 is 27.4 Å². The number of hydrogen-bond acceptors (Lipinski definition) is 3. The normalized spacial score (nSPS) is 12.9. The van der Waals surface area contributed by atoms with Gasteiger partial charge in [0.2, 0.25) is 0 Å². The van der Waals surface area contributed by atoms with Crippen molar-refractivity contribution in [2.45, 2.75) is 19.4 Å². The molecule has 0 aliphatic rings. The number of nitrogens with zero attached hydrogens (tertiary/aromatic N) is 2. The number of aliphatic hydroxyl groups excluding tert-OH is 1. The lowest BCUT2D eigenvalue weighted by Gasteiger charge is -2.03. The van der Waals surface area contributed by atoms with E-state index in [0.717, 1.165) is 4.47 Å². The number of hydrogen-bond donors (Lipinski definition) is 2. The predicted octanol–water partition coefficient (Wildman–Crippen LogP) is 1.72. The highest BCUT2D eigenvalue weighted by molar-refractivity contribution is 9.10. The molecule has 2 rings (SSSR count). The molecule has 0 aliphatic heterocycles. The van der Waals surface area contributed by atoms with Crippen LogP contribution in [0.4, 0.5) is 0 Å². The Morgan fingerprint density at radius 1 is 1.59 bits per heavy atom. The Labute approximate surface area is 106 Å². The van der Waals surface area contributed by atoms with Crippen LogP contribution in [-0.2, 0) is 6.42 Å². The number of fused-ring (bicyclic) bond motifs is 1. The molecule has 2 N–H and O–H groups in total. The summed E-state index contributed by atoms with van der Waals surface area (Å²) in [6.45, 7) is 1.64. The Morgan fingerprint density at radius 2 is 2.29 bits per heavy atom. The number of aromatic carboxylic acids is 1. The number of carboxylic acid groups (broad SMARTS) is 1. The van der Waals surface area contributed by atoms with Crippen LogP contribution in [0, 0.1) is 0 Å². The summed E-state index contributed by atoms with van der Waals surface area (Å²) >= 11 is 3.32. The molecular weight excluding hydrogens is 288 g/mol. The number of aliphatic hydroxyl groups is 1. The number of rotatable bonds is 3. The smallest absolute Gasteiger partial charge is 0.356 e. The van der Waals surface area contributed by atoms with Gasteiger partial charge in [-0.15, -0.1) is 0 Å². The number of carboxylic acids is 1. The number of pyridine rings is 1. The van der Waals surface area contributed by atoms with Gasteiger partial charge in [0, 0.05) is 17.1 Å². The summed E-state index contributed by atoms with van der Waals surface area (Å²) in [5, 5.41) is 18.4. The minimum atomic E-state index is -1.07. The minimum Gasteiger partial charge on any atom is -0.476 e. The lowest BCUT2D eigenvalue weighted by molar-refractivity contribution is 0.0693. The highest BCUT2D eigenvalue weighted by atomic mass is 79.9. The maximum Gasteiger partial charge on any atom is 0.356 e. The van der Waals surface area contributed by atoms with Crippen LogP contribution in [-0.4, -0.2) is 31.7 Å². The van der Waals surface area contributed by atoms with Crippen molar-refractivity contribution in [1.82, 2.24) is 9.38 Å². The van der Waals surface area contributed by atoms with Crippen molar-refractivity contribution in [3.05, 3.63) is 34.3 Å². The van der Waals surface area contributed by atoms with Crippen LogP contribution < -0.4 is 0 Å². The van der Waals surface area contributed by atoms with Crippen LogP contribution in [0.1, 0.15) is 23.2 Å². The van der Waals surface area contributed by atoms with E-state index in [4.69, 9.17) is 5.11 Å². The van der Waals surface area contributed by atoms with Gasteiger partial charge < -0.3 is 14.6 Å².